The summed E-state index contributed by atoms with van der Waals surface area (Å²) in [4.78, 5) is 2.63. The molecule has 0 amide bonds. The first-order valence-corrected chi connectivity index (χ1v) is 9.30. The van der Waals surface area contributed by atoms with Gasteiger partial charge in [0.2, 0.25) is 0 Å². The molecule has 0 aromatic rings. The number of hydrogen-bond acceptors (Lipinski definition) is 1. The second-order valence-electron chi connectivity index (χ2n) is 7.86. The zero-order valence-electron chi connectivity index (χ0n) is 14.7. The van der Waals surface area contributed by atoms with Gasteiger partial charge in [0.15, 0.2) is 0 Å². The van der Waals surface area contributed by atoms with Crippen molar-refractivity contribution in [1.29, 1.82) is 0 Å². The minimum absolute atomic E-state index is 0.884. The summed E-state index contributed by atoms with van der Waals surface area (Å²) in [5, 5.41) is 0. The minimum atomic E-state index is 0.884. The Balaban J connectivity index is 0.000000217. The standard InChI is InChI=1S/C11H23N.C8H16/c1-11(2)7-6-10-12-8-4-3-5-9-12;1-7(2)6-8-4-3-5-8/h11H,3-10H2,1-2H3;7-8H,3-6H2,1-2H3. The van der Waals surface area contributed by atoms with Gasteiger partial charge in [-0.05, 0) is 69.5 Å². The maximum Gasteiger partial charge on any atom is -0.00186 e. The number of rotatable bonds is 6. The molecule has 0 bridgehead atoms. The van der Waals surface area contributed by atoms with Gasteiger partial charge < -0.3 is 4.90 Å². The van der Waals surface area contributed by atoms with Gasteiger partial charge in [-0.15, -0.1) is 0 Å². The van der Waals surface area contributed by atoms with Gasteiger partial charge in [-0.1, -0.05) is 53.4 Å². The molecule has 20 heavy (non-hydrogen) atoms. The van der Waals surface area contributed by atoms with E-state index in [1.807, 2.05) is 0 Å². The maximum absolute atomic E-state index is 2.63. The van der Waals surface area contributed by atoms with E-state index in [-0.39, 0.29) is 0 Å². The van der Waals surface area contributed by atoms with Gasteiger partial charge in [-0.3, -0.25) is 0 Å². The van der Waals surface area contributed by atoms with Crippen molar-refractivity contribution in [1.82, 2.24) is 4.90 Å². The number of hydrogen-bond donors (Lipinski definition) is 0. The van der Waals surface area contributed by atoms with Crippen LogP contribution in [0, 0.1) is 17.8 Å². The van der Waals surface area contributed by atoms with E-state index in [2.05, 4.69) is 32.6 Å². The smallest absolute Gasteiger partial charge is 0.00186 e. The first-order chi connectivity index (χ1) is 9.58. The molecule has 0 unspecified atom stereocenters. The van der Waals surface area contributed by atoms with E-state index in [0.29, 0.717) is 0 Å². The molecule has 1 heterocycles. The molecular formula is C19H39N. The summed E-state index contributed by atoms with van der Waals surface area (Å²) in [5.41, 5.74) is 0. The molecular weight excluding hydrogens is 242 g/mol. The molecule has 1 aliphatic heterocycles. The van der Waals surface area contributed by atoms with Gasteiger partial charge in [0.25, 0.3) is 0 Å². The molecule has 2 rings (SSSR count). The average Bonchev–Trinajstić information content (AvgIpc) is 2.36. The van der Waals surface area contributed by atoms with Crippen LogP contribution in [0.25, 0.3) is 0 Å². The average molecular weight is 282 g/mol. The SMILES string of the molecule is CC(C)CC1CCC1.CC(C)CCCN1CCCCC1. The molecule has 0 aromatic carbocycles. The third-order valence-electron chi connectivity index (χ3n) is 4.73. The Bertz CT molecular complexity index is 212. The molecule has 1 heteroatoms. The van der Waals surface area contributed by atoms with Gasteiger partial charge in [0, 0.05) is 0 Å². The van der Waals surface area contributed by atoms with E-state index in [1.165, 1.54) is 77.4 Å². The summed E-state index contributed by atoms with van der Waals surface area (Å²) < 4.78 is 0. The Morgan fingerprint density at radius 2 is 1.50 bits per heavy atom. The van der Waals surface area contributed by atoms with Crippen LogP contribution in [0.15, 0.2) is 0 Å². The third kappa shape index (κ3) is 9.00. The molecule has 0 spiro atoms. The van der Waals surface area contributed by atoms with Gasteiger partial charge in [-0.2, -0.15) is 0 Å². The zero-order chi connectivity index (χ0) is 14.8. The van der Waals surface area contributed by atoms with Crippen molar-refractivity contribution < 1.29 is 0 Å². The fourth-order valence-electron chi connectivity index (χ4n) is 3.30. The fraction of sp³-hybridized carbons (Fsp3) is 1.00. The molecule has 1 saturated carbocycles. The molecule has 1 aliphatic carbocycles. The number of piperidine rings is 1. The van der Waals surface area contributed by atoms with Gasteiger partial charge >= 0.3 is 0 Å². The van der Waals surface area contributed by atoms with Crippen molar-refractivity contribution in [2.24, 2.45) is 17.8 Å². The predicted molar refractivity (Wildman–Crippen MR) is 91.2 cm³/mol. The van der Waals surface area contributed by atoms with Crippen LogP contribution >= 0.6 is 0 Å². The molecule has 1 saturated heterocycles. The van der Waals surface area contributed by atoms with Crippen LogP contribution in [0.2, 0.25) is 0 Å². The lowest BCUT2D eigenvalue weighted by molar-refractivity contribution is 0.221. The highest BCUT2D eigenvalue weighted by Gasteiger charge is 2.17. The van der Waals surface area contributed by atoms with E-state index in [1.54, 1.807) is 0 Å². The Hall–Kier alpha value is -0.0400. The van der Waals surface area contributed by atoms with E-state index in [4.69, 9.17) is 0 Å². The van der Waals surface area contributed by atoms with E-state index >= 15 is 0 Å². The molecule has 0 radical (unpaired) electrons. The summed E-state index contributed by atoms with van der Waals surface area (Å²) in [5.74, 6) is 2.92. The van der Waals surface area contributed by atoms with E-state index < -0.39 is 0 Å². The highest BCUT2D eigenvalue weighted by atomic mass is 15.1. The number of likely N-dealkylation sites (tertiary alicyclic amines) is 1. The third-order valence-corrected chi connectivity index (χ3v) is 4.73. The summed E-state index contributed by atoms with van der Waals surface area (Å²) in [7, 11) is 0. The van der Waals surface area contributed by atoms with Crippen molar-refractivity contribution in [3.8, 4) is 0 Å². The molecule has 0 N–H and O–H groups in total. The van der Waals surface area contributed by atoms with Crippen LogP contribution in [0.4, 0.5) is 0 Å². The molecule has 120 valence electrons. The predicted octanol–water partition coefficient (Wildman–Crippen LogP) is 5.74. The zero-order valence-corrected chi connectivity index (χ0v) is 14.7. The van der Waals surface area contributed by atoms with Crippen LogP contribution in [0.3, 0.4) is 0 Å². The van der Waals surface area contributed by atoms with Crippen LogP contribution in [0.1, 0.15) is 85.5 Å². The van der Waals surface area contributed by atoms with Crippen molar-refractivity contribution in [2.75, 3.05) is 19.6 Å². The van der Waals surface area contributed by atoms with Crippen molar-refractivity contribution in [3.05, 3.63) is 0 Å². The number of nitrogens with zero attached hydrogens (tertiary/aromatic N) is 1. The second-order valence-corrected chi connectivity index (χ2v) is 7.86. The molecule has 0 atom stereocenters. The molecule has 0 aromatic heterocycles. The first kappa shape index (κ1) is 18.0. The van der Waals surface area contributed by atoms with Crippen LogP contribution in [0.5, 0.6) is 0 Å². The lowest BCUT2D eigenvalue weighted by atomic mass is 9.80. The van der Waals surface area contributed by atoms with Crippen LogP contribution in [-0.4, -0.2) is 24.5 Å². The van der Waals surface area contributed by atoms with Crippen molar-refractivity contribution in [2.45, 2.75) is 85.5 Å². The fourth-order valence-corrected chi connectivity index (χ4v) is 3.30. The normalized spacial score (nSPS) is 20.7. The molecule has 1 nitrogen and oxygen atoms in total. The topological polar surface area (TPSA) is 3.24 Å². The van der Waals surface area contributed by atoms with Crippen molar-refractivity contribution >= 4 is 0 Å². The molecule has 2 fully saturated rings. The quantitative estimate of drug-likeness (QED) is 0.600. The minimum Gasteiger partial charge on any atom is -0.303 e. The van der Waals surface area contributed by atoms with Gasteiger partial charge in [-0.25, -0.2) is 0 Å². The highest BCUT2D eigenvalue weighted by Crippen LogP contribution is 2.31. The Morgan fingerprint density at radius 1 is 0.850 bits per heavy atom. The van der Waals surface area contributed by atoms with Crippen LogP contribution in [-0.2, 0) is 0 Å². The Labute approximate surface area is 128 Å². The Kier molecular flexibility index (Phi) is 9.59. The summed E-state index contributed by atoms with van der Waals surface area (Å²) >= 11 is 0. The lowest BCUT2D eigenvalue weighted by Gasteiger charge is -2.26. The van der Waals surface area contributed by atoms with Crippen molar-refractivity contribution in [3.63, 3.8) is 0 Å². The Morgan fingerprint density at radius 3 is 1.90 bits per heavy atom. The van der Waals surface area contributed by atoms with Crippen LogP contribution < -0.4 is 0 Å². The second kappa shape index (κ2) is 10.7. The monoisotopic (exact) mass is 281 g/mol. The maximum atomic E-state index is 2.63. The van der Waals surface area contributed by atoms with Gasteiger partial charge in [0.05, 0.1) is 0 Å². The summed E-state index contributed by atoms with van der Waals surface area (Å²) in [6.07, 6.45) is 13.1. The van der Waals surface area contributed by atoms with E-state index in [0.717, 1.165) is 17.8 Å². The lowest BCUT2D eigenvalue weighted by Crippen LogP contribution is -2.30. The van der Waals surface area contributed by atoms with Gasteiger partial charge in [0.1, 0.15) is 0 Å². The summed E-state index contributed by atoms with van der Waals surface area (Å²) in [6, 6.07) is 0. The molecule has 2 aliphatic rings. The highest BCUT2D eigenvalue weighted by molar-refractivity contribution is 4.70. The summed E-state index contributed by atoms with van der Waals surface area (Å²) in [6.45, 7) is 13.3. The largest absolute Gasteiger partial charge is 0.303 e. The first-order valence-electron chi connectivity index (χ1n) is 9.30. The van der Waals surface area contributed by atoms with E-state index in [9.17, 15) is 0 Å².